The molecule has 10 heteroatoms. The molecule has 1 aromatic heterocycles. The molecule has 8 nitrogen and oxygen atoms in total. The van der Waals surface area contributed by atoms with Crippen LogP contribution < -0.4 is 14.8 Å². The van der Waals surface area contributed by atoms with E-state index in [1.165, 1.54) is 0 Å². The van der Waals surface area contributed by atoms with Gasteiger partial charge in [0.2, 0.25) is 10.0 Å². The molecule has 1 atom stereocenters. The van der Waals surface area contributed by atoms with Gasteiger partial charge in [-0.3, -0.25) is 9.82 Å². The first-order valence-electron chi connectivity index (χ1n) is 8.55. The summed E-state index contributed by atoms with van der Waals surface area (Å²) in [5.74, 6) is 0.678. The lowest BCUT2D eigenvalue weighted by Gasteiger charge is -2.14. The monoisotopic (exact) mass is 424 g/mol. The van der Waals surface area contributed by atoms with Gasteiger partial charge >= 0.3 is 0 Å². The molecule has 0 radical (unpaired) electrons. The van der Waals surface area contributed by atoms with Crippen LogP contribution in [-0.4, -0.2) is 49.7 Å². The number of nitrogens with one attached hydrogen (secondary N) is 3. The number of rotatable bonds is 9. The summed E-state index contributed by atoms with van der Waals surface area (Å²) in [4.78, 5) is 0. The Morgan fingerprint density at radius 2 is 2.11 bits per heavy atom. The van der Waals surface area contributed by atoms with Crippen LogP contribution in [0.15, 0.2) is 42.5 Å². The third-order valence-corrected chi connectivity index (χ3v) is 4.83. The minimum atomic E-state index is -3.36. The zero-order valence-electron chi connectivity index (χ0n) is 15.1. The predicted octanol–water partition coefficient (Wildman–Crippen LogP) is 2.29. The number of nitrogens with zero attached hydrogens (tertiary/aromatic N) is 1. The maximum atomic E-state index is 11.3. The van der Waals surface area contributed by atoms with E-state index in [1.54, 1.807) is 30.3 Å². The van der Waals surface area contributed by atoms with E-state index in [-0.39, 0.29) is 0 Å². The number of ether oxygens (including phenoxy) is 1. The number of aromatic amines is 1. The highest BCUT2D eigenvalue weighted by molar-refractivity contribution is 7.92. The molecule has 0 aliphatic heterocycles. The second-order valence-electron chi connectivity index (χ2n) is 6.28. The quantitative estimate of drug-likeness (QED) is 0.391. The van der Waals surface area contributed by atoms with E-state index in [9.17, 15) is 13.5 Å². The molecule has 0 unspecified atom stereocenters. The number of fused-ring (bicyclic) bond motifs is 1. The van der Waals surface area contributed by atoms with Gasteiger partial charge < -0.3 is 15.2 Å². The first-order chi connectivity index (χ1) is 13.3. The Morgan fingerprint density at radius 1 is 1.29 bits per heavy atom. The fourth-order valence-corrected chi connectivity index (χ4v) is 3.43. The summed E-state index contributed by atoms with van der Waals surface area (Å²) in [5, 5.41) is 21.5. The van der Waals surface area contributed by atoms with Gasteiger partial charge in [-0.25, -0.2) is 8.42 Å². The van der Waals surface area contributed by atoms with E-state index in [1.807, 2.05) is 12.1 Å². The maximum absolute atomic E-state index is 11.3. The van der Waals surface area contributed by atoms with E-state index in [0.29, 0.717) is 41.8 Å². The highest BCUT2D eigenvalue weighted by Crippen LogP contribution is 2.24. The SMILES string of the molecule is CS(=O)(=O)Nc1cccc([C@@H](O)CNCCOc2ccc3c(Cl)[nH]nc3c2)c1. The lowest BCUT2D eigenvalue weighted by atomic mass is 10.1. The number of halogens is 1. The van der Waals surface area contributed by atoms with Gasteiger partial charge in [-0.05, 0) is 29.8 Å². The van der Waals surface area contributed by atoms with Gasteiger partial charge in [-0.15, -0.1) is 0 Å². The number of sulfonamides is 1. The lowest BCUT2D eigenvalue weighted by Crippen LogP contribution is -2.26. The summed E-state index contributed by atoms with van der Waals surface area (Å²) < 4.78 is 30.7. The van der Waals surface area contributed by atoms with Crippen molar-refractivity contribution < 1.29 is 18.3 Å². The fraction of sp³-hybridized carbons (Fsp3) is 0.278. The van der Waals surface area contributed by atoms with E-state index in [4.69, 9.17) is 16.3 Å². The van der Waals surface area contributed by atoms with Crippen LogP contribution in [0.5, 0.6) is 5.75 Å². The zero-order valence-corrected chi connectivity index (χ0v) is 16.7. The van der Waals surface area contributed by atoms with Crippen molar-refractivity contribution in [1.29, 1.82) is 0 Å². The molecule has 3 aromatic rings. The molecule has 0 saturated carbocycles. The second kappa shape index (κ2) is 8.78. The topological polar surface area (TPSA) is 116 Å². The number of hydrogen-bond acceptors (Lipinski definition) is 6. The number of aromatic nitrogens is 2. The number of benzene rings is 2. The Balaban J connectivity index is 1.45. The number of aliphatic hydroxyl groups is 1. The van der Waals surface area contributed by atoms with Gasteiger partial charge in [0, 0.05) is 30.2 Å². The summed E-state index contributed by atoms with van der Waals surface area (Å²) in [7, 11) is -3.36. The van der Waals surface area contributed by atoms with Gasteiger partial charge in [0.25, 0.3) is 0 Å². The molecular formula is C18H21ClN4O4S. The molecule has 1 heterocycles. The van der Waals surface area contributed by atoms with Crippen molar-refractivity contribution >= 4 is 38.2 Å². The fourth-order valence-electron chi connectivity index (χ4n) is 2.67. The van der Waals surface area contributed by atoms with E-state index in [0.717, 1.165) is 17.2 Å². The van der Waals surface area contributed by atoms with Gasteiger partial charge in [-0.2, -0.15) is 5.10 Å². The van der Waals surface area contributed by atoms with Crippen molar-refractivity contribution in [3.63, 3.8) is 0 Å². The standard InChI is InChI=1S/C18H21ClN4O4S/c1-28(25,26)23-13-4-2-3-12(9-13)17(24)11-20-7-8-27-14-5-6-15-16(10-14)21-22-18(15)19/h2-6,9-10,17,20,23-24H,7-8,11H2,1H3,(H,21,22)/t17-/m0/s1. The molecule has 0 fully saturated rings. The Morgan fingerprint density at radius 3 is 2.89 bits per heavy atom. The van der Waals surface area contributed by atoms with Gasteiger partial charge in [0.1, 0.15) is 17.5 Å². The van der Waals surface area contributed by atoms with Crippen molar-refractivity contribution in [2.75, 3.05) is 30.7 Å². The Hall–Kier alpha value is -2.33. The molecule has 150 valence electrons. The van der Waals surface area contributed by atoms with Crippen molar-refractivity contribution in [1.82, 2.24) is 15.5 Å². The summed E-state index contributed by atoms with van der Waals surface area (Å²) >= 11 is 5.97. The highest BCUT2D eigenvalue weighted by atomic mass is 35.5. The predicted molar refractivity (Wildman–Crippen MR) is 109 cm³/mol. The van der Waals surface area contributed by atoms with Crippen LogP contribution in [0.25, 0.3) is 10.9 Å². The largest absolute Gasteiger partial charge is 0.492 e. The Bertz CT molecular complexity index is 1050. The van der Waals surface area contributed by atoms with Gasteiger partial charge in [0.15, 0.2) is 0 Å². The third kappa shape index (κ3) is 5.59. The molecule has 28 heavy (non-hydrogen) atoms. The number of hydrogen-bond donors (Lipinski definition) is 4. The van der Waals surface area contributed by atoms with Crippen LogP contribution in [0.3, 0.4) is 0 Å². The summed E-state index contributed by atoms with van der Waals surface area (Å²) in [6.45, 7) is 1.24. The normalized spacial score (nSPS) is 12.8. The zero-order chi connectivity index (χ0) is 20.1. The molecular weight excluding hydrogens is 404 g/mol. The molecule has 0 saturated heterocycles. The van der Waals surface area contributed by atoms with Crippen molar-refractivity contribution in [3.8, 4) is 5.75 Å². The average Bonchev–Trinajstić information content (AvgIpc) is 3.00. The molecule has 3 rings (SSSR count). The van der Waals surface area contributed by atoms with Crippen LogP contribution in [0.4, 0.5) is 5.69 Å². The molecule has 0 aliphatic rings. The first-order valence-corrected chi connectivity index (χ1v) is 10.8. The van der Waals surface area contributed by atoms with Crippen molar-refractivity contribution in [2.45, 2.75) is 6.10 Å². The third-order valence-electron chi connectivity index (χ3n) is 3.94. The number of anilines is 1. The minimum absolute atomic E-state index is 0.305. The van der Waals surface area contributed by atoms with E-state index in [2.05, 4.69) is 20.2 Å². The van der Waals surface area contributed by atoms with E-state index < -0.39 is 16.1 Å². The summed E-state index contributed by atoms with van der Waals surface area (Å²) in [5.41, 5.74) is 1.76. The van der Waals surface area contributed by atoms with Crippen LogP contribution in [0.1, 0.15) is 11.7 Å². The molecule has 0 aliphatic carbocycles. The van der Waals surface area contributed by atoms with Crippen LogP contribution in [0, 0.1) is 0 Å². The number of aliphatic hydroxyl groups excluding tert-OH is 1. The van der Waals surface area contributed by atoms with Crippen LogP contribution in [-0.2, 0) is 10.0 Å². The summed E-state index contributed by atoms with van der Waals surface area (Å²) in [6, 6.07) is 12.1. The molecule has 0 bridgehead atoms. The first kappa shape index (κ1) is 20.4. The van der Waals surface area contributed by atoms with Gasteiger partial charge in [0.05, 0.1) is 17.9 Å². The Labute approximate surface area is 167 Å². The van der Waals surface area contributed by atoms with Gasteiger partial charge in [-0.1, -0.05) is 23.7 Å². The minimum Gasteiger partial charge on any atom is -0.492 e. The smallest absolute Gasteiger partial charge is 0.229 e. The van der Waals surface area contributed by atoms with Crippen molar-refractivity contribution in [3.05, 3.63) is 53.2 Å². The van der Waals surface area contributed by atoms with Crippen LogP contribution in [0.2, 0.25) is 5.15 Å². The second-order valence-corrected chi connectivity index (χ2v) is 8.41. The molecule has 4 N–H and O–H groups in total. The van der Waals surface area contributed by atoms with Crippen LogP contribution >= 0.6 is 11.6 Å². The summed E-state index contributed by atoms with van der Waals surface area (Å²) in [6.07, 6.45) is 0.305. The lowest BCUT2D eigenvalue weighted by molar-refractivity contribution is 0.172. The average molecular weight is 425 g/mol. The molecule has 0 amide bonds. The Kier molecular flexibility index (Phi) is 6.40. The maximum Gasteiger partial charge on any atom is 0.229 e. The van der Waals surface area contributed by atoms with E-state index >= 15 is 0 Å². The highest BCUT2D eigenvalue weighted by Gasteiger charge is 2.09. The molecule has 0 spiro atoms. The molecule has 2 aromatic carbocycles. The number of H-pyrrole nitrogens is 1. The van der Waals surface area contributed by atoms with Crippen molar-refractivity contribution in [2.24, 2.45) is 0 Å².